The number of carbonyl (C=O) groups excluding carboxylic acids is 1. The van der Waals surface area contributed by atoms with Crippen molar-refractivity contribution in [2.24, 2.45) is 5.92 Å². The van der Waals surface area contributed by atoms with Gasteiger partial charge in [-0.15, -0.1) is 0 Å². The van der Waals surface area contributed by atoms with Crippen LogP contribution in [0.4, 0.5) is 0 Å². The van der Waals surface area contributed by atoms with Crippen molar-refractivity contribution in [3.05, 3.63) is 17.5 Å². The number of nitrogens with zero attached hydrogens (tertiary/aromatic N) is 1. The first kappa shape index (κ1) is 14.0. The number of nitrogens with one attached hydrogen (secondary N) is 2. The molecule has 0 saturated heterocycles. The van der Waals surface area contributed by atoms with Gasteiger partial charge in [0.2, 0.25) is 15.9 Å². The van der Waals surface area contributed by atoms with Crippen molar-refractivity contribution in [3.8, 4) is 0 Å². The van der Waals surface area contributed by atoms with E-state index in [0.717, 1.165) is 12.8 Å². The van der Waals surface area contributed by atoms with Crippen LogP contribution in [-0.2, 0) is 20.6 Å². The Morgan fingerprint density at radius 1 is 1.47 bits per heavy atom. The summed E-state index contributed by atoms with van der Waals surface area (Å²) in [7, 11) is -3.45. The Balaban J connectivity index is 1.70. The van der Waals surface area contributed by atoms with E-state index in [4.69, 9.17) is 4.52 Å². The lowest BCUT2D eigenvalue weighted by Crippen LogP contribution is -2.35. The smallest absolute Gasteiger partial charge is 0.223 e. The predicted molar refractivity (Wildman–Crippen MR) is 67.6 cm³/mol. The molecule has 1 aromatic rings. The van der Waals surface area contributed by atoms with Gasteiger partial charge in [-0.3, -0.25) is 4.79 Å². The van der Waals surface area contributed by atoms with E-state index in [-0.39, 0.29) is 24.1 Å². The van der Waals surface area contributed by atoms with Gasteiger partial charge in [0, 0.05) is 25.1 Å². The van der Waals surface area contributed by atoms with Gasteiger partial charge in [0.1, 0.15) is 17.2 Å². The number of rotatable bonds is 7. The first-order valence-corrected chi connectivity index (χ1v) is 7.79. The Kier molecular flexibility index (Phi) is 4.20. The van der Waals surface area contributed by atoms with Crippen molar-refractivity contribution in [3.63, 3.8) is 0 Å². The molecule has 8 heteroatoms. The normalized spacial score (nSPS) is 15.4. The summed E-state index contributed by atoms with van der Waals surface area (Å²) in [6.45, 7) is 2.17. The van der Waals surface area contributed by atoms with Gasteiger partial charge in [-0.05, 0) is 19.8 Å². The molecule has 1 amide bonds. The molecule has 0 atom stereocenters. The van der Waals surface area contributed by atoms with Gasteiger partial charge < -0.3 is 9.84 Å². The van der Waals surface area contributed by atoms with E-state index in [1.165, 1.54) is 0 Å². The van der Waals surface area contributed by atoms with Crippen molar-refractivity contribution in [2.45, 2.75) is 25.5 Å². The molecule has 1 heterocycles. The average Bonchev–Trinajstić information content (AvgIpc) is 3.10. The minimum atomic E-state index is -3.45. The van der Waals surface area contributed by atoms with Crippen LogP contribution < -0.4 is 10.0 Å². The third kappa shape index (κ3) is 4.64. The summed E-state index contributed by atoms with van der Waals surface area (Å²) in [4.78, 5) is 11.3. The second kappa shape index (κ2) is 5.70. The second-order valence-corrected chi connectivity index (χ2v) is 6.45. The fourth-order valence-electron chi connectivity index (χ4n) is 1.61. The molecule has 0 bridgehead atoms. The maximum absolute atomic E-state index is 11.7. The summed E-state index contributed by atoms with van der Waals surface area (Å²) < 4.78 is 30.6. The topological polar surface area (TPSA) is 101 Å². The van der Waals surface area contributed by atoms with Gasteiger partial charge in [0.25, 0.3) is 0 Å². The van der Waals surface area contributed by atoms with E-state index in [1.807, 2.05) is 0 Å². The van der Waals surface area contributed by atoms with E-state index in [0.29, 0.717) is 18.0 Å². The summed E-state index contributed by atoms with van der Waals surface area (Å²) >= 11 is 0. The molecular formula is C11H17N3O4S. The minimum absolute atomic E-state index is 0.00586. The van der Waals surface area contributed by atoms with Crippen molar-refractivity contribution in [1.29, 1.82) is 0 Å². The Labute approximate surface area is 111 Å². The molecule has 0 aromatic carbocycles. The Morgan fingerprint density at radius 3 is 2.79 bits per heavy atom. The van der Waals surface area contributed by atoms with Gasteiger partial charge >= 0.3 is 0 Å². The Hall–Kier alpha value is -1.41. The summed E-state index contributed by atoms with van der Waals surface area (Å²) in [5, 5.41) is 6.31. The van der Waals surface area contributed by atoms with E-state index >= 15 is 0 Å². The van der Waals surface area contributed by atoms with Crippen molar-refractivity contribution in [1.82, 2.24) is 15.2 Å². The maximum atomic E-state index is 11.7. The van der Waals surface area contributed by atoms with Crippen LogP contribution in [-0.4, -0.2) is 32.6 Å². The van der Waals surface area contributed by atoms with Gasteiger partial charge in [-0.2, -0.15) is 0 Å². The molecule has 106 valence electrons. The molecule has 0 aliphatic heterocycles. The zero-order valence-corrected chi connectivity index (χ0v) is 11.5. The van der Waals surface area contributed by atoms with Crippen LogP contribution in [0.3, 0.4) is 0 Å². The lowest BCUT2D eigenvalue weighted by Gasteiger charge is -2.06. The quantitative estimate of drug-likeness (QED) is 0.683. The molecule has 1 aliphatic rings. The van der Waals surface area contributed by atoms with Crippen molar-refractivity contribution >= 4 is 15.9 Å². The van der Waals surface area contributed by atoms with E-state index in [1.54, 1.807) is 13.0 Å². The number of aromatic nitrogens is 1. The number of sulfonamides is 1. The van der Waals surface area contributed by atoms with E-state index in [9.17, 15) is 13.2 Å². The number of amides is 1. The largest absolute Gasteiger partial charge is 0.361 e. The second-order valence-electron chi connectivity index (χ2n) is 4.65. The third-order valence-corrected chi connectivity index (χ3v) is 4.03. The molecule has 2 N–H and O–H groups in total. The standard InChI is InChI=1S/C11H17N3O4S/c1-8-6-10(14-18-8)7-19(16,17)13-5-4-12-11(15)9-2-3-9/h6,9,13H,2-5,7H2,1H3,(H,12,15). The minimum Gasteiger partial charge on any atom is -0.361 e. The molecule has 2 rings (SSSR count). The summed E-state index contributed by atoms with van der Waals surface area (Å²) in [5.41, 5.74) is 0.368. The predicted octanol–water partition coefficient (Wildman–Crippen LogP) is -0.0714. The molecule has 1 saturated carbocycles. The molecule has 1 aliphatic carbocycles. The zero-order chi connectivity index (χ0) is 13.9. The highest BCUT2D eigenvalue weighted by Gasteiger charge is 2.29. The SMILES string of the molecule is Cc1cc(CS(=O)(=O)NCCNC(=O)C2CC2)no1. The number of aryl methyl sites for hydroxylation is 1. The highest BCUT2D eigenvalue weighted by Crippen LogP contribution is 2.28. The molecule has 1 aromatic heterocycles. The highest BCUT2D eigenvalue weighted by molar-refractivity contribution is 7.88. The van der Waals surface area contributed by atoms with Gasteiger partial charge in [-0.25, -0.2) is 13.1 Å². The van der Waals surface area contributed by atoms with Gasteiger partial charge in [0.15, 0.2) is 0 Å². The Morgan fingerprint density at radius 2 is 2.21 bits per heavy atom. The number of hydrogen-bond donors (Lipinski definition) is 2. The molecule has 0 spiro atoms. The van der Waals surface area contributed by atoms with E-state index < -0.39 is 10.0 Å². The van der Waals surface area contributed by atoms with Gasteiger partial charge in [0.05, 0.1) is 0 Å². The Bertz CT molecular complexity index is 548. The summed E-state index contributed by atoms with van der Waals surface area (Å²) in [6, 6.07) is 1.58. The van der Waals surface area contributed by atoms with Crippen molar-refractivity contribution < 1.29 is 17.7 Å². The van der Waals surface area contributed by atoms with E-state index in [2.05, 4.69) is 15.2 Å². The maximum Gasteiger partial charge on any atom is 0.223 e. The fourth-order valence-corrected chi connectivity index (χ4v) is 2.65. The van der Waals surface area contributed by atoms with Crippen LogP contribution in [0.2, 0.25) is 0 Å². The lowest BCUT2D eigenvalue weighted by atomic mass is 10.4. The molecular weight excluding hydrogens is 270 g/mol. The monoisotopic (exact) mass is 287 g/mol. The number of hydrogen-bond acceptors (Lipinski definition) is 5. The molecule has 7 nitrogen and oxygen atoms in total. The van der Waals surface area contributed by atoms with Crippen LogP contribution in [0.25, 0.3) is 0 Å². The van der Waals surface area contributed by atoms with Crippen LogP contribution in [0.1, 0.15) is 24.3 Å². The van der Waals surface area contributed by atoms with Crippen molar-refractivity contribution in [2.75, 3.05) is 13.1 Å². The first-order valence-electron chi connectivity index (χ1n) is 6.13. The highest BCUT2D eigenvalue weighted by atomic mass is 32.2. The zero-order valence-electron chi connectivity index (χ0n) is 10.7. The lowest BCUT2D eigenvalue weighted by molar-refractivity contribution is -0.122. The fraction of sp³-hybridized carbons (Fsp3) is 0.636. The molecule has 0 unspecified atom stereocenters. The summed E-state index contributed by atoms with van der Waals surface area (Å²) in [6.07, 6.45) is 1.87. The van der Waals surface area contributed by atoms with Crippen LogP contribution >= 0.6 is 0 Å². The first-order chi connectivity index (χ1) is 8.96. The average molecular weight is 287 g/mol. The molecule has 0 radical (unpaired) electrons. The van der Waals surface area contributed by atoms with Crippen LogP contribution in [0, 0.1) is 12.8 Å². The van der Waals surface area contributed by atoms with Gasteiger partial charge in [-0.1, -0.05) is 5.16 Å². The third-order valence-electron chi connectivity index (χ3n) is 2.71. The summed E-state index contributed by atoms with van der Waals surface area (Å²) in [5.74, 6) is 0.490. The molecule has 1 fully saturated rings. The van der Waals surface area contributed by atoms with Crippen LogP contribution in [0.15, 0.2) is 10.6 Å². The number of carbonyl (C=O) groups is 1. The molecule has 19 heavy (non-hydrogen) atoms. The van der Waals surface area contributed by atoms with Crippen LogP contribution in [0.5, 0.6) is 0 Å².